The molecule has 0 fully saturated rings. The number of anilines is 2. The lowest BCUT2D eigenvalue weighted by molar-refractivity contribution is 0.0828. The van der Waals surface area contributed by atoms with Crippen LogP contribution in [-0.2, 0) is 4.74 Å². The number of ether oxygens (including phenoxy) is 1. The van der Waals surface area contributed by atoms with Gasteiger partial charge in [-0.05, 0) is 25.2 Å². The molecule has 0 bridgehead atoms. The van der Waals surface area contributed by atoms with Gasteiger partial charge in [0.15, 0.2) is 0 Å². The molecule has 0 aliphatic rings. The fourth-order valence-electron chi connectivity index (χ4n) is 1.88. The van der Waals surface area contributed by atoms with Gasteiger partial charge in [0.05, 0.1) is 12.2 Å². The van der Waals surface area contributed by atoms with Crippen molar-refractivity contribution in [2.45, 2.75) is 0 Å². The van der Waals surface area contributed by atoms with Crippen molar-refractivity contribution in [2.75, 3.05) is 65.5 Å². The summed E-state index contributed by atoms with van der Waals surface area (Å²) in [5.41, 5.74) is 7.85. The first kappa shape index (κ1) is 17.3. The van der Waals surface area contributed by atoms with E-state index in [1.54, 1.807) is 44.3 Å². The van der Waals surface area contributed by atoms with Crippen LogP contribution in [0.2, 0.25) is 0 Å². The molecule has 0 radical (unpaired) electrons. The minimum Gasteiger partial charge on any atom is -0.399 e. The fourth-order valence-corrected chi connectivity index (χ4v) is 1.88. The van der Waals surface area contributed by atoms with Crippen molar-refractivity contribution in [1.29, 1.82) is 0 Å². The monoisotopic (exact) mass is 294 g/mol. The maximum absolute atomic E-state index is 12.1. The lowest BCUT2D eigenvalue weighted by Gasteiger charge is -2.19. The van der Waals surface area contributed by atoms with Crippen LogP contribution in [0.4, 0.5) is 11.4 Å². The number of amides is 1. The van der Waals surface area contributed by atoms with E-state index in [9.17, 15) is 4.79 Å². The lowest BCUT2D eigenvalue weighted by atomic mass is 10.1. The van der Waals surface area contributed by atoms with Gasteiger partial charge in [-0.25, -0.2) is 0 Å². The highest BCUT2D eigenvalue weighted by atomic mass is 16.5. The van der Waals surface area contributed by atoms with Crippen LogP contribution in [0.1, 0.15) is 10.4 Å². The molecule has 1 aromatic carbocycles. The summed E-state index contributed by atoms with van der Waals surface area (Å²) in [5, 5.41) is 3.29. The highest BCUT2D eigenvalue weighted by Gasteiger charge is 2.13. The first-order valence-electron chi connectivity index (χ1n) is 6.98. The van der Waals surface area contributed by atoms with Crippen LogP contribution in [0, 0.1) is 0 Å². The molecular formula is C15H26N4O2. The zero-order valence-electron chi connectivity index (χ0n) is 13.3. The molecule has 0 aliphatic carbocycles. The molecule has 0 aliphatic heterocycles. The molecular weight excluding hydrogens is 268 g/mol. The third-order valence-electron chi connectivity index (χ3n) is 3.17. The van der Waals surface area contributed by atoms with Crippen LogP contribution in [-0.4, -0.2) is 70.2 Å². The Hall–Kier alpha value is -1.79. The number of carbonyl (C=O) groups excluding carboxylic acids is 1. The number of carbonyl (C=O) groups is 1. The summed E-state index contributed by atoms with van der Waals surface area (Å²) >= 11 is 0. The van der Waals surface area contributed by atoms with Crippen molar-refractivity contribution in [1.82, 2.24) is 9.80 Å². The van der Waals surface area contributed by atoms with Crippen molar-refractivity contribution >= 4 is 17.3 Å². The molecule has 6 heteroatoms. The molecule has 0 saturated heterocycles. The van der Waals surface area contributed by atoms with Crippen LogP contribution >= 0.6 is 0 Å². The van der Waals surface area contributed by atoms with E-state index in [-0.39, 0.29) is 5.91 Å². The molecule has 1 amide bonds. The average molecular weight is 294 g/mol. The number of rotatable bonds is 8. The van der Waals surface area contributed by atoms with Crippen LogP contribution in [0.3, 0.4) is 0 Å². The number of hydrogen-bond acceptors (Lipinski definition) is 5. The van der Waals surface area contributed by atoms with E-state index in [1.807, 2.05) is 7.05 Å². The third-order valence-corrected chi connectivity index (χ3v) is 3.17. The van der Waals surface area contributed by atoms with Crippen LogP contribution in [0.5, 0.6) is 0 Å². The van der Waals surface area contributed by atoms with E-state index < -0.39 is 0 Å². The smallest absolute Gasteiger partial charge is 0.255 e. The number of likely N-dealkylation sites (N-methyl/N-ethyl adjacent to an activating group) is 1. The second-order valence-electron chi connectivity index (χ2n) is 5.23. The molecule has 0 saturated carbocycles. The highest BCUT2D eigenvalue weighted by Crippen LogP contribution is 2.20. The number of nitrogens with one attached hydrogen (secondary N) is 1. The number of nitrogens with zero attached hydrogens (tertiary/aromatic N) is 2. The summed E-state index contributed by atoms with van der Waals surface area (Å²) in [7, 11) is 7.20. The van der Waals surface area contributed by atoms with E-state index in [4.69, 9.17) is 10.5 Å². The summed E-state index contributed by atoms with van der Waals surface area (Å²) in [6.45, 7) is 3.17. The standard InChI is InChI=1S/C15H26N4O2/c1-18(2)15(20)13-6-5-12(16)11-14(13)17-7-8-19(3)9-10-21-4/h5-6,11,17H,7-10,16H2,1-4H3. The zero-order valence-corrected chi connectivity index (χ0v) is 13.3. The van der Waals surface area contributed by atoms with E-state index in [2.05, 4.69) is 10.2 Å². The van der Waals surface area contributed by atoms with E-state index in [1.165, 1.54) is 0 Å². The molecule has 0 heterocycles. The number of nitrogen functional groups attached to an aromatic ring is 1. The zero-order chi connectivity index (χ0) is 15.8. The van der Waals surface area contributed by atoms with Gasteiger partial charge in [0.1, 0.15) is 0 Å². The predicted octanol–water partition coefficient (Wildman–Crippen LogP) is 0.961. The molecule has 6 nitrogen and oxygen atoms in total. The van der Waals surface area contributed by atoms with Crippen LogP contribution in [0.25, 0.3) is 0 Å². The average Bonchev–Trinajstić information content (AvgIpc) is 2.44. The summed E-state index contributed by atoms with van der Waals surface area (Å²) in [4.78, 5) is 15.9. The molecule has 0 spiro atoms. The molecule has 1 aromatic rings. The van der Waals surface area contributed by atoms with Crippen molar-refractivity contribution in [3.05, 3.63) is 23.8 Å². The van der Waals surface area contributed by atoms with Gasteiger partial charge in [-0.1, -0.05) is 0 Å². The number of hydrogen-bond donors (Lipinski definition) is 2. The van der Waals surface area contributed by atoms with Crippen LogP contribution < -0.4 is 11.1 Å². The Labute approximate surface area is 126 Å². The Morgan fingerprint density at radius 2 is 2.00 bits per heavy atom. The highest BCUT2D eigenvalue weighted by molar-refractivity contribution is 5.99. The number of methoxy groups -OCH3 is 1. The van der Waals surface area contributed by atoms with Crippen molar-refractivity contribution in [3.8, 4) is 0 Å². The van der Waals surface area contributed by atoms with Gasteiger partial charge >= 0.3 is 0 Å². The molecule has 0 unspecified atom stereocenters. The third kappa shape index (κ3) is 5.61. The number of benzene rings is 1. The van der Waals surface area contributed by atoms with Gasteiger partial charge in [-0.15, -0.1) is 0 Å². The first-order chi connectivity index (χ1) is 9.95. The molecule has 0 aromatic heterocycles. The van der Waals surface area contributed by atoms with E-state index in [0.29, 0.717) is 17.9 Å². The summed E-state index contributed by atoms with van der Waals surface area (Å²) in [5.74, 6) is -0.0368. The fraction of sp³-hybridized carbons (Fsp3) is 0.533. The van der Waals surface area contributed by atoms with E-state index in [0.717, 1.165) is 25.3 Å². The Balaban J connectivity index is 2.65. The largest absolute Gasteiger partial charge is 0.399 e. The van der Waals surface area contributed by atoms with Gasteiger partial charge in [-0.2, -0.15) is 0 Å². The van der Waals surface area contributed by atoms with Crippen molar-refractivity contribution in [2.24, 2.45) is 0 Å². The maximum Gasteiger partial charge on any atom is 0.255 e. The van der Waals surface area contributed by atoms with Crippen molar-refractivity contribution < 1.29 is 9.53 Å². The molecule has 3 N–H and O–H groups in total. The van der Waals surface area contributed by atoms with Crippen LogP contribution in [0.15, 0.2) is 18.2 Å². The van der Waals surface area contributed by atoms with Gasteiger partial charge in [-0.3, -0.25) is 4.79 Å². The van der Waals surface area contributed by atoms with E-state index >= 15 is 0 Å². The number of nitrogens with two attached hydrogens (primary N) is 1. The second-order valence-corrected chi connectivity index (χ2v) is 5.23. The lowest BCUT2D eigenvalue weighted by Crippen LogP contribution is -2.29. The molecule has 21 heavy (non-hydrogen) atoms. The minimum atomic E-state index is -0.0368. The van der Waals surface area contributed by atoms with Gasteiger partial charge < -0.3 is 25.6 Å². The maximum atomic E-state index is 12.1. The minimum absolute atomic E-state index is 0.0368. The molecule has 1 rings (SSSR count). The molecule has 0 atom stereocenters. The Morgan fingerprint density at radius 3 is 2.62 bits per heavy atom. The predicted molar refractivity (Wildman–Crippen MR) is 86.7 cm³/mol. The van der Waals surface area contributed by atoms with Gasteiger partial charge in [0.2, 0.25) is 0 Å². The Morgan fingerprint density at radius 1 is 1.29 bits per heavy atom. The first-order valence-corrected chi connectivity index (χ1v) is 6.98. The Kier molecular flexibility index (Phi) is 6.98. The quantitative estimate of drug-likeness (QED) is 0.699. The topological polar surface area (TPSA) is 70.8 Å². The Bertz CT molecular complexity index is 463. The molecule has 118 valence electrons. The summed E-state index contributed by atoms with van der Waals surface area (Å²) < 4.78 is 5.04. The normalized spacial score (nSPS) is 10.7. The second kappa shape index (κ2) is 8.49. The summed E-state index contributed by atoms with van der Waals surface area (Å²) in [6.07, 6.45) is 0. The SMILES string of the molecule is COCCN(C)CCNc1cc(N)ccc1C(=O)N(C)C. The van der Waals surface area contributed by atoms with Gasteiger partial charge in [0.25, 0.3) is 5.91 Å². The summed E-state index contributed by atoms with van der Waals surface area (Å²) in [6, 6.07) is 5.30. The van der Waals surface area contributed by atoms with Gasteiger partial charge in [0, 0.05) is 52.2 Å². The van der Waals surface area contributed by atoms with Crippen molar-refractivity contribution in [3.63, 3.8) is 0 Å².